The van der Waals surface area contributed by atoms with Crippen molar-refractivity contribution in [2.24, 2.45) is 0 Å². The Morgan fingerprint density at radius 3 is 0.975 bits per heavy atom. The highest BCUT2D eigenvalue weighted by atomic mass is 79.9. The number of benzene rings is 12. The van der Waals surface area contributed by atoms with Crippen molar-refractivity contribution >= 4 is 152 Å². The van der Waals surface area contributed by atoms with Gasteiger partial charge in [0.2, 0.25) is 0 Å². The van der Waals surface area contributed by atoms with E-state index in [9.17, 15) is 4.57 Å². The number of hydrogen-bond donors (Lipinski definition) is 1. The van der Waals surface area contributed by atoms with Crippen LogP contribution in [0.2, 0.25) is 0 Å². The van der Waals surface area contributed by atoms with Crippen molar-refractivity contribution < 1.29 is 18.4 Å². The van der Waals surface area contributed by atoms with E-state index in [1.165, 1.54) is 56.1 Å². The number of hydrogen-bond acceptors (Lipinski definition) is 10. The quantitative estimate of drug-likeness (QED) is 0.0807. The van der Waals surface area contributed by atoms with E-state index in [2.05, 4.69) is 284 Å². The summed E-state index contributed by atoms with van der Waals surface area (Å²) in [5.74, 6) is 1.78. The smallest absolute Gasteiger partial charge is 0.399 e. The molecule has 0 spiro atoms. The first-order valence-corrected chi connectivity index (χ1v) is 45.4. The van der Waals surface area contributed by atoms with Gasteiger partial charge >= 0.3 is 7.12 Å². The molecule has 588 valence electrons. The van der Waals surface area contributed by atoms with Crippen LogP contribution in [0.5, 0.6) is 0 Å². The van der Waals surface area contributed by atoms with Crippen LogP contribution in [0, 0.1) is 0 Å². The molecule has 0 radical (unpaired) electrons. The molecule has 0 amide bonds. The van der Waals surface area contributed by atoms with Gasteiger partial charge in [0.1, 0.15) is 25.4 Å². The van der Waals surface area contributed by atoms with E-state index in [-0.39, 0.29) is 16.2 Å². The van der Waals surface area contributed by atoms with E-state index in [1.807, 2.05) is 228 Å². The molecule has 4 aliphatic rings. The summed E-state index contributed by atoms with van der Waals surface area (Å²) in [5.41, 5.74) is 16.8. The Kier molecular flexibility index (Phi) is 24.0. The highest BCUT2D eigenvalue weighted by Crippen LogP contribution is 2.54. The van der Waals surface area contributed by atoms with Gasteiger partial charge in [-0.2, -0.15) is 0 Å². The molecule has 12 aromatic carbocycles. The molecular weight excluding hydrogens is 1690 g/mol. The van der Waals surface area contributed by atoms with Gasteiger partial charge in [0.25, 0.3) is 0 Å². The third kappa shape index (κ3) is 16.4. The molecule has 1 N–H and O–H groups in total. The SMILES string of the molecule is Brc1cccc(Br)n1.CC1(C)OB(c2cccc(P(=O)(c3ccccc3)c3ccccc3)c2)OC1(C)C.CC1(C)c2ccccc2N(c2cccc(-c3cccc(P(=O)(c4ccccc4)c4ccccc4)c3)n2)c2ccccc21.CC1(C)c2ccccc2N(c2cccc(Br)n2)c2ccccc21.CC1(C)c2ccccc2Nc2ccccc21. The molecule has 4 aliphatic heterocycles. The van der Waals surface area contributed by atoms with Crippen LogP contribution in [0.25, 0.3) is 11.3 Å². The van der Waals surface area contributed by atoms with Crippen LogP contribution in [0.3, 0.4) is 0 Å². The fraction of sp³-hybridized carbons (Fsp3) is 0.147. The van der Waals surface area contributed by atoms with Crippen molar-refractivity contribution in [1.29, 1.82) is 0 Å². The largest absolute Gasteiger partial charge is 0.494 e. The third-order valence-electron chi connectivity index (χ3n) is 23.1. The van der Waals surface area contributed by atoms with Crippen LogP contribution in [-0.4, -0.2) is 33.3 Å². The molecule has 7 heterocycles. The molecule has 19 rings (SSSR count). The highest BCUT2D eigenvalue weighted by molar-refractivity contribution is 9.11. The maximum absolute atomic E-state index is 15.0. The zero-order chi connectivity index (χ0) is 82.6. The lowest BCUT2D eigenvalue weighted by atomic mass is 9.73. The number of fused-ring (bicyclic) bond motifs is 6. The summed E-state index contributed by atoms with van der Waals surface area (Å²) in [7, 11) is -6.61. The van der Waals surface area contributed by atoms with Crippen LogP contribution in [0.4, 0.5) is 45.8 Å². The minimum absolute atomic E-state index is 0.0320. The Labute approximate surface area is 720 Å². The molecular formula is C102H92BBr3N6O4P2. The predicted octanol–water partition coefficient (Wildman–Crippen LogP) is 24.8. The van der Waals surface area contributed by atoms with E-state index < -0.39 is 32.6 Å². The number of rotatable bonds is 10. The van der Waals surface area contributed by atoms with Gasteiger partial charge in [0.15, 0.2) is 14.3 Å². The van der Waals surface area contributed by atoms with Crippen LogP contribution in [0.1, 0.15) is 103 Å². The number of halogens is 3. The van der Waals surface area contributed by atoms with E-state index in [0.717, 1.165) is 85.4 Å². The maximum atomic E-state index is 15.0. The second kappa shape index (κ2) is 34.4. The lowest BCUT2D eigenvalue weighted by Crippen LogP contribution is -2.41. The first kappa shape index (κ1) is 82.5. The van der Waals surface area contributed by atoms with Gasteiger partial charge in [-0.3, -0.25) is 9.80 Å². The summed E-state index contributed by atoms with van der Waals surface area (Å²) in [6, 6.07) is 124. The number of nitrogens with one attached hydrogen (secondary N) is 1. The van der Waals surface area contributed by atoms with Crippen LogP contribution < -0.4 is 52.4 Å². The highest BCUT2D eigenvalue weighted by Gasteiger charge is 2.52. The monoisotopic (exact) mass is 1770 g/mol. The fourth-order valence-electron chi connectivity index (χ4n) is 16.2. The Hall–Kier alpha value is -10.6. The Bertz CT molecular complexity index is 5950. The van der Waals surface area contributed by atoms with Crippen molar-refractivity contribution in [2.45, 2.75) is 96.7 Å². The zero-order valence-corrected chi connectivity index (χ0v) is 74.2. The molecule has 118 heavy (non-hydrogen) atoms. The second-order valence-corrected chi connectivity index (χ2v) is 40.1. The lowest BCUT2D eigenvalue weighted by molar-refractivity contribution is 0.00578. The predicted molar refractivity (Wildman–Crippen MR) is 504 cm³/mol. The van der Waals surface area contributed by atoms with Crippen LogP contribution in [0.15, 0.2) is 384 Å². The Morgan fingerprint density at radius 2 is 0.593 bits per heavy atom. The van der Waals surface area contributed by atoms with Crippen LogP contribution >= 0.6 is 62.1 Å². The third-order valence-corrected chi connectivity index (χ3v) is 30.5. The number of aromatic nitrogens is 3. The van der Waals surface area contributed by atoms with Gasteiger partial charge in [0.05, 0.1) is 39.6 Å². The fourth-order valence-corrected chi connectivity index (χ4v) is 22.8. The summed E-state index contributed by atoms with van der Waals surface area (Å²) >= 11 is 9.94. The van der Waals surface area contributed by atoms with E-state index in [0.29, 0.717) is 0 Å². The standard InChI is InChI=1S/C38H31N2OP.C24H26BO3P.C20H17BrN2.C15H15N.C5H3Br2N/c1-38(2)32-21-9-11-24-35(32)40(36-25-12-10-22-33(36)38)37-26-14-23-34(39-37)28-15-13-20-31(27-28)42(41,29-16-5-3-6-17-29)30-18-7-4-8-19-30;1-23(2)24(3,4)28-25(27-23)19-12-11-17-22(18-19)29(26,20-13-7-5-8-14-20)21-15-9-6-10-16-21;1-20(2)14-8-3-5-10-16(14)23(17-11-6-4-9-15(17)20)19-13-7-12-18(21)22-19;1-15(2)11-7-3-5-9-13(11)16-14-10-6-4-8-12(14)15;6-4-2-1-3-5(7)8-4/h3-27H,1-2H3;5-18H,1-4H3;3-13H,1-2H3;3-10,16H,1-2H3;1-3H. The second-order valence-electron chi connectivity index (χ2n) is 32.1. The average Bonchev–Trinajstić information content (AvgIpc) is 1.65. The first-order chi connectivity index (χ1) is 56.8. The molecule has 0 atom stereocenters. The van der Waals surface area contributed by atoms with E-state index in [4.69, 9.17) is 14.3 Å². The van der Waals surface area contributed by atoms with E-state index >= 15 is 4.57 Å². The minimum atomic E-state index is -3.10. The summed E-state index contributed by atoms with van der Waals surface area (Å²) in [4.78, 5) is 18.4. The van der Waals surface area contributed by atoms with Gasteiger partial charge in [-0.15, -0.1) is 0 Å². The Morgan fingerprint density at radius 1 is 0.297 bits per heavy atom. The van der Waals surface area contributed by atoms with Crippen molar-refractivity contribution in [2.75, 3.05) is 15.1 Å². The summed E-state index contributed by atoms with van der Waals surface area (Å²) in [6.45, 7) is 21.9. The number of para-hydroxylation sites is 6. The molecule has 0 saturated carbocycles. The topological polar surface area (TPSA) is 110 Å². The molecule has 16 heteroatoms. The van der Waals surface area contributed by atoms with Gasteiger partial charge in [-0.25, -0.2) is 15.0 Å². The van der Waals surface area contributed by atoms with Crippen molar-refractivity contribution in [3.05, 3.63) is 417 Å². The summed E-state index contributed by atoms with van der Waals surface area (Å²) < 4.78 is 44.6. The van der Waals surface area contributed by atoms with Gasteiger partial charge in [-0.05, 0) is 193 Å². The van der Waals surface area contributed by atoms with Crippen molar-refractivity contribution in [1.82, 2.24) is 15.0 Å². The molecule has 0 bridgehead atoms. The van der Waals surface area contributed by atoms with Crippen molar-refractivity contribution in [3.63, 3.8) is 0 Å². The summed E-state index contributed by atoms with van der Waals surface area (Å²) in [5, 5.41) is 8.34. The molecule has 10 nitrogen and oxygen atoms in total. The molecule has 3 aromatic heterocycles. The number of nitrogens with zero attached hydrogens (tertiary/aromatic N) is 5. The maximum Gasteiger partial charge on any atom is 0.494 e. The number of anilines is 8. The van der Waals surface area contributed by atoms with Crippen molar-refractivity contribution in [3.8, 4) is 11.3 Å². The van der Waals surface area contributed by atoms with Gasteiger partial charge < -0.3 is 23.8 Å². The molecule has 0 aliphatic carbocycles. The molecule has 1 fully saturated rings. The Balaban J connectivity index is 0.000000125. The molecule has 1 saturated heterocycles. The molecule has 0 unspecified atom stereocenters. The zero-order valence-electron chi connectivity index (χ0n) is 67.7. The van der Waals surface area contributed by atoms with Crippen LogP contribution in [-0.2, 0) is 34.7 Å². The van der Waals surface area contributed by atoms with E-state index in [1.54, 1.807) is 0 Å². The minimum Gasteiger partial charge on any atom is -0.399 e. The van der Waals surface area contributed by atoms with Gasteiger partial charge in [-0.1, -0.05) is 333 Å². The van der Waals surface area contributed by atoms with Gasteiger partial charge in [0, 0.05) is 65.0 Å². The first-order valence-electron chi connectivity index (χ1n) is 39.6. The average molecular weight is 1780 g/mol. The summed E-state index contributed by atoms with van der Waals surface area (Å²) in [6.07, 6.45) is 0. The normalized spacial score (nSPS) is 15.0. The molecule has 15 aromatic rings. The lowest BCUT2D eigenvalue weighted by Gasteiger charge is -2.41. The number of pyridine rings is 3.